The molecule has 158 valence electrons. The Bertz CT molecular complexity index is 1100. The molecule has 0 unspecified atom stereocenters. The highest BCUT2D eigenvalue weighted by molar-refractivity contribution is 6.22. The van der Waals surface area contributed by atoms with E-state index in [4.69, 9.17) is 0 Å². The van der Waals surface area contributed by atoms with Gasteiger partial charge in [0.2, 0.25) is 11.8 Å². The first-order valence-electron chi connectivity index (χ1n) is 10.5. The number of hydrogen-bond acceptors (Lipinski definition) is 5. The lowest BCUT2D eigenvalue weighted by Crippen LogP contribution is -2.36. The molecular formula is C24H22N2O5. The molecule has 5 rings (SSSR count). The summed E-state index contributed by atoms with van der Waals surface area (Å²) < 4.78 is 0. The van der Waals surface area contributed by atoms with Crippen LogP contribution in [0.5, 0.6) is 0 Å². The quantitative estimate of drug-likeness (QED) is 0.587. The van der Waals surface area contributed by atoms with Gasteiger partial charge in [-0.1, -0.05) is 43.2 Å². The molecule has 2 N–H and O–H groups in total. The van der Waals surface area contributed by atoms with Gasteiger partial charge in [-0.05, 0) is 31.0 Å². The fraction of sp³-hybridized carbons (Fsp3) is 0.333. The first-order valence-corrected chi connectivity index (χ1v) is 10.5. The van der Waals surface area contributed by atoms with E-state index in [9.17, 15) is 24.3 Å². The zero-order chi connectivity index (χ0) is 21.8. The van der Waals surface area contributed by atoms with E-state index in [1.165, 1.54) is 11.0 Å². The maximum atomic E-state index is 13.0. The number of nitrogens with one attached hydrogen (secondary N) is 1. The summed E-state index contributed by atoms with van der Waals surface area (Å²) in [5.41, 5.74) is -0.527. The van der Waals surface area contributed by atoms with Gasteiger partial charge in [-0.25, -0.2) is 0 Å². The predicted octanol–water partition coefficient (Wildman–Crippen LogP) is 2.78. The lowest BCUT2D eigenvalue weighted by atomic mass is 9.81. The molecule has 2 aliphatic heterocycles. The SMILES string of the molecule is O=C(C[C@@]1(O)C(=O)Nc2ccccc21)c1cccc(N2C(=O)[C@H]3CCCC[C@H]3C2=O)c1. The molecule has 2 heterocycles. The van der Waals surface area contributed by atoms with Crippen molar-refractivity contribution >= 4 is 34.9 Å². The van der Waals surface area contributed by atoms with Crippen molar-refractivity contribution in [3.05, 3.63) is 59.7 Å². The van der Waals surface area contributed by atoms with Gasteiger partial charge in [0.1, 0.15) is 0 Å². The third-order valence-corrected chi connectivity index (χ3v) is 6.68. The molecule has 2 fully saturated rings. The van der Waals surface area contributed by atoms with Crippen molar-refractivity contribution in [2.24, 2.45) is 11.8 Å². The average molecular weight is 418 g/mol. The van der Waals surface area contributed by atoms with Gasteiger partial charge in [-0.15, -0.1) is 0 Å². The molecular weight excluding hydrogens is 396 g/mol. The molecule has 1 saturated heterocycles. The van der Waals surface area contributed by atoms with E-state index in [0.29, 0.717) is 29.8 Å². The van der Waals surface area contributed by atoms with Crippen molar-refractivity contribution < 1.29 is 24.3 Å². The normalized spacial score (nSPS) is 27.1. The summed E-state index contributed by atoms with van der Waals surface area (Å²) in [6.07, 6.45) is 2.87. The fourth-order valence-electron chi connectivity index (χ4n) is 5.05. The minimum atomic E-state index is -1.96. The smallest absolute Gasteiger partial charge is 0.261 e. The second-order valence-electron chi connectivity index (χ2n) is 8.52. The van der Waals surface area contributed by atoms with E-state index < -0.39 is 23.7 Å². The van der Waals surface area contributed by atoms with Crippen LogP contribution in [0.2, 0.25) is 0 Å². The molecule has 3 atom stereocenters. The van der Waals surface area contributed by atoms with Gasteiger partial charge < -0.3 is 10.4 Å². The van der Waals surface area contributed by atoms with Gasteiger partial charge >= 0.3 is 0 Å². The van der Waals surface area contributed by atoms with Crippen LogP contribution in [-0.4, -0.2) is 28.6 Å². The highest BCUT2D eigenvalue weighted by Crippen LogP contribution is 2.41. The van der Waals surface area contributed by atoms with Crippen molar-refractivity contribution in [2.45, 2.75) is 37.7 Å². The van der Waals surface area contributed by atoms with Crippen LogP contribution in [0.3, 0.4) is 0 Å². The number of ketones is 1. The maximum Gasteiger partial charge on any atom is 0.261 e. The number of carbonyl (C=O) groups excluding carboxylic acids is 4. The Morgan fingerprint density at radius 3 is 2.39 bits per heavy atom. The molecule has 3 aliphatic rings. The van der Waals surface area contributed by atoms with E-state index in [1.54, 1.807) is 42.5 Å². The second-order valence-corrected chi connectivity index (χ2v) is 8.52. The summed E-state index contributed by atoms with van der Waals surface area (Å²) in [5, 5.41) is 13.6. The summed E-state index contributed by atoms with van der Waals surface area (Å²) in [6.45, 7) is 0. The first-order chi connectivity index (χ1) is 14.9. The number of fused-ring (bicyclic) bond motifs is 2. The van der Waals surface area contributed by atoms with Gasteiger partial charge in [-0.2, -0.15) is 0 Å². The monoisotopic (exact) mass is 418 g/mol. The molecule has 7 nitrogen and oxygen atoms in total. The van der Waals surface area contributed by atoms with Crippen LogP contribution in [0.25, 0.3) is 0 Å². The number of nitrogens with zero attached hydrogens (tertiary/aromatic N) is 1. The van der Waals surface area contributed by atoms with Gasteiger partial charge in [-0.3, -0.25) is 24.1 Å². The van der Waals surface area contributed by atoms with Gasteiger partial charge in [0, 0.05) is 16.8 Å². The lowest BCUT2D eigenvalue weighted by molar-refractivity contribution is -0.133. The van der Waals surface area contributed by atoms with E-state index in [1.807, 2.05) is 0 Å². The molecule has 2 aromatic carbocycles. The van der Waals surface area contributed by atoms with E-state index in [0.717, 1.165) is 12.8 Å². The number of rotatable bonds is 4. The van der Waals surface area contributed by atoms with Gasteiger partial charge in [0.15, 0.2) is 11.4 Å². The summed E-state index contributed by atoms with van der Waals surface area (Å²) in [5.74, 6) is -2.07. The number of Topliss-reactive ketones (excluding diaryl/α,β-unsaturated/α-hetero) is 1. The summed E-state index contributed by atoms with van der Waals surface area (Å²) in [4.78, 5) is 52.4. The topological polar surface area (TPSA) is 104 Å². The van der Waals surface area contributed by atoms with Crippen molar-refractivity contribution in [3.63, 3.8) is 0 Å². The Morgan fingerprint density at radius 2 is 1.68 bits per heavy atom. The largest absolute Gasteiger partial charge is 0.375 e. The highest BCUT2D eigenvalue weighted by atomic mass is 16.3. The van der Waals surface area contributed by atoms with Gasteiger partial charge in [0.05, 0.1) is 23.9 Å². The summed E-state index contributed by atoms with van der Waals surface area (Å²) in [6, 6.07) is 13.0. The van der Waals surface area contributed by atoms with Crippen LogP contribution in [-0.2, 0) is 20.0 Å². The van der Waals surface area contributed by atoms with Crippen LogP contribution >= 0.6 is 0 Å². The summed E-state index contributed by atoms with van der Waals surface area (Å²) in [7, 11) is 0. The Kier molecular flexibility index (Phi) is 4.51. The molecule has 31 heavy (non-hydrogen) atoms. The molecule has 0 radical (unpaired) electrons. The molecule has 3 amide bonds. The number of para-hydroxylation sites is 1. The Morgan fingerprint density at radius 1 is 1.00 bits per heavy atom. The first kappa shape index (κ1) is 19.6. The summed E-state index contributed by atoms with van der Waals surface area (Å²) >= 11 is 0. The molecule has 0 aromatic heterocycles. The average Bonchev–Trinajstić information content (AvgIpc) is 3.18. The minimum Gasteiger partial charge on any atom is -0.375 e. The molecule has 1 saturated carbocycles. The highest BCUT2D eigenvalue weighted by Gasteiger charge is 2.49. The molecule has 7 heteroatoms. The van der Waals surface area contributed by atoms with E-state index in [-0.39, 0.29) is 29.2 Å². The van der Waals surface area contributed by atoms with E-state index >= 15 is 0 Å². The standard InChI is InChI=1S/C24H22N2O5/c27-20(13-24(31)18-10-3-4-11-19(18)25-23(24)30)14-6-5-7-15(12-14)26-21(28)16-8-1-2-9-17(16)22(26)29/h3-7,10-12,16-17,31H,1-2,8-9,13H2,(H,25,30)/t16-,17+,24-/m0/s1. The molecule has 1 aliphatic carbocycles. The zero-order valence-electron chi connectivity index (χ0n) is 16.8. The Labute approximate surface area is 179 Å². The number of carbonyl (C=O) groups is 4. The fourth-order valence-corrected chi connectivity index (χ4v) is 5.05. The number of hydrogen-bond donors (Lipinski definition) is 2. The Balaban J connectivity index is 1.42. The molecule has 2 aromatic rings. The van der Waals surface area contributed by atoms with Crippen LogP contribution in [0.15, 0.2) is 48.5 Å². The van der Waals surface area contributed by atoms with E-state index in [2.05, 4.69) is 5.32 Å². The third-order valence-electron chi connectivity index (χ3n) is 6.68. The maximum absolute atomic E-state index is 13.0. The number of imide groups is 1. The third kappa shape index (κ3) is 2.99. The Hall–Kier alpha value is -3.32. The van der Waals surface area contributed by atoms with Crippen molar-refractivity contribution in [1.82, 2.24) is 0 Å². The molecule has 0 spiro atoms. The van der Waals surface area contributed by atoms with Crippen molar-refractivity contribution in [3.8, 4) is 0 Å². The lowest BCUT2D eigenvalue weighted by Gasteiger charge is -2.20. The van der Waals surface area contributed by atoms with Crippen LogP contribution in [0.4, 0.5) is 11.4 Å². The number of amides is 3. The molecule has 0 bridgehead atoms. The number of anilines is 2. The second kappa shape index (κ2) is 7.13. The number of benzene rings is 2. The van der Waals surface area contributed by atoms with Crippen LogP contribution in [0, 0.1) is 11.8 Å². The minimum absolute atomic E-state index is 0.206. The van der Waals surface area contributed by atoms with Crippen molar-refractivity contribution in [1.29, 1.82) is 0 Å². The van der Waals surface area contributed by atoms with Crippen molar-refractivity contribution in [2.75, 3.05) is 10.2 Å². The van der Waals surface area contributed by atoms with Crippen LogP contribution < -0.4 is 10.2 Å². The predicted molar refractivity (Wildman–Crippen MR) is 112 cm³/mol. The zero-order valence-corrected chi connectivity index (χ0v) is 16.8. The number of aliphatic hydroxyl groups is 1. The van der Waals surface area contributed by atoms with Crippen LogP contribution in [0.1, 0.15) is 48.0 Å². The van der Waals surface area contributed by atoms with Gasteiger partial charge in [0.25, 0.3) is 5.91 Å².